The Labute approximate surface area is 168 Å². The average Bonchev–Trinajstić information content (AvgIpc) is 2.77. The summed E-state index contributed by atoms with van der Waals surface area (Å²) in [5, 5.41) is 0.764. The molecule has 29 heavy (non-hydrogen) atoms. The van der Waals surface area contributed by atoms with Crippen LogP contribution in [0.3, 0.4) is 0 Å². The van der Waals surface area contributed by atoms with Crippen LogP contribution in [0, 0.1) is 0 Å². The first-order valence-corrected chi connectivity index (χ1v) is 9.15. The van der Waals surface area contributed by atoms with E-state index in [0.29, 0.717) is 23.7 Å². The summed E-state index contributed by atoms with van der Waals surface area (Å²) in [6.45, 7) is 0.495. The third-order valence-corrected chi connectivity index (χ3v) is 4.66. The van der Waals surface area contributed by atoms with Gasteiger partial charge >= 0.3 is 5.63 Å². The highest BCUT2D eigenvalue weighted by Gasteiger charge is 2.13. The fraction of sp³-hybridized carbons (Fsp3) is 0.125. The fourth-order valence-electron chi connectivity index (χ4n) is 3.20. The number of benzene rings is 3. The molecule has 0 atom stereocenters. The topological polar surface area (TPSA) is 57.9 Å². The van der Waals surface area contributed by atoms with E-state index in [0.717, 1.165) is 27.8 Å². The lowest BCUT2D eigenvalue weighted by atomic mass is 10.0. The van der Waals surface area contributed by atoms with E-state index in [9.17, 15) is 4.79 Å². The van der Waals surface area contributed by atoms with Gasteiger partial charge in [-0.15, -0.1) is 0 Å². The lowest BCUT2D eigenvalue weighted by Gasteiger charge is -2.12. The minimum absolute atomic E-state index is 0.427. The van der Waals surface area contributed by atoms with Crippen LogP contribution in [0.1, 0.15) is 5.56 Å². The lowest BCUT2D eigenvalue weighted by molar-refractivity contribution is 0.306. The third-order valence-electron chi connectivity index (χ3n) is 4.66. The molecular weight excluding hydrogens is 368 g/mol. The molecule has 1 aromatic heterocycles. The number of hydrogen-bond acceptors (Lipinski definition) is 5. The van der Waals surface area contributed by atoms with Crippen LogP contribution in [0.4, 0.5) is 0 Å². The van der Waals surface area contributed by atoms with E-state index in [-0.39, 0.29) is 0 Å². The first-order chi connectivity index (χ1) is 14.2. The lowest BCUT2D eigenvalue weighted by Crippen LogP contribution is -2.00. The van der Waals surface area contributed by atoms with Gasteiger partial charge in [0.05, 0.1) is 14.2 Å². The van der Waals surface area contributed by atoms with Crippen LogP contribution in [-0.2, 0) is 6.61 Å². The molecular formula is C24H20O5. The van der Waals surface area contributed by atoms with Gasteiger partial charge in [-0.2, -0.15) is 0 Å². The Morgan fingerprint density at radius 3 is 2.21 bits per heavy atom. The van der Waals surface area contributed by atoms with Crippen molar-refractivity contribution >= 4 is 11.0 Å². The van der Waals surface area contributed by atoms with Gasteiger partial charge in [0.15, 0.2) is 11.5 Å². The van der Waals surface area contributed by atoms with Gasteiger partial charge in [0.25, 0.3) is 0 Å². The van der Waals surface area contributed by atoms with Crippen LogP contribution in [0.2, 0.25) is 0 Å². The summed E-state index contributed by atoms with van der Waals surface area (Å²) in [5.41, 5.74) is 2.75. The minimum Gasteiger partial charge on any atom is -0.493 e. The van der Waals surface area contributed by atoms with Gasteiger partial charge < -0.3 is 18.6 Å². The summed E-state index contributed by atoms with van der Waals surface area (Å²) in [4.78, 5) is 12.1. The molecule has 0 radical (unpaired) electrons. The van der Waals surface area contributed by atoms with Crippen molar-refractivity contribution in [3.63, 3.8) is 0 Å². The maximum atomic E-state index is 12.1. The molecule has 0 N–H and O–H groups in total. The number of hydrogen-bond donors (Lipinski definition) is 0. The predicted octanol–water partition coefficient (Wildman–Crippen LogP) is 5.06. The van der Waals surface area contributed by atoms with E-state index in [1.807, 2.05) is 60.7 Å². The Balaban J connectivity index is 1.67. The fourth-order valence-corrected chi connectivity index (χ4v) is 3.20. The van der Waals surface area contributed by atoms with Crippen LogP contribution in [-0.4, -0.2) is 14.2 Å². The van der Waals surface area contributed by atoms with Gasteiger partial charge in [-0.05, 0) is 34.9 Å². The molecule has 0 saturated heterocycles. The summed E-state index contributed by atoms with van der Waals surface area (Å²) in [5.74, 6) is 1.83. The van der Waals surface area contributed by atoms with E-state index in [1.54, 1.807) is 20.3 Å². The Morgan fingerprint density at radius 2 is 1.52 bits per heavy atom. The Morgan fingerprint density at radius 1 is 0.828 bits per heavy atom. The van der Waals surface area contributed by atoms with Crippen LogP contribution < -0.4 is 19.8 Å². The highest BCUT2D eigenvalue weighted by atomic mass is 16.5. The molecule has 3 aromatic carbocycles. The molecule has 0 unspecified atom stereocenters. The molecule has 0 aliphatic heterocycles. The molecule has 146 valence electrons. The zero-order chi connectivity index (χ0) is 20.2. The first kappa shape index (κ1) is 18.6. The maximum absolute atomic E-state index is 12.1. The number of rotatable bonds is 6. The Kier molecular flexibility index (Phi) is 5.20. The summed E-state index contributed by atoms with van der Waals surface area (Å²) in [7, 11) is 3.11. The smallest absolute Gasteiger partial charge is 0.336 e. The van der Waals surface area contributed by atoms with Crippen molar-refractivity contribution in [1.82, 2.24) is 0 Å². The standard InChI is InChI=1S/C24H20O5/c1-26-22-12-20-19(13-24(25)29-21(20)14-23(22)27-2)17-8-10-18(11-9-17)28-15-16-6-4-3-5-7-16/h3-14H,15H2,1-2H3. The molecule has 4 rings (SSSR count). The molecule has 0 fully saturated rings. The molecule has 0 amide bonds. The van der Waals surface area contributed by atoms with Crippen molar-refractivity contribution < 1.29 is 18.6 Å². The molecule has 0 saturated carbocycles. The van der Waals surface area contributed by atoms with Crippen LogP contribution >= 0.6 is 0 Å². The highest BCUT2D eigenvalue weighted by molar-refractivity contribution is 5.95. The van der Waals surface area contributed by atoms with Gasteiger partial charge in [-0.25, -0.2) is 4.79 Å². The third kappa shape index (κ3) is 3.94. The van der Waals surface area contributed by atoms with Crippen molar-refractivity contribution in [2.24, 2.45) is 0 Å². The van der Waals surface area contributed by atoms with Gasteiger partial charge in [0.1, 0.15) is 17.9 Å². The largest absolute Gasteiger partial charge is 0.493 e. The van der Waals surface area contributed by atoms with Crippen LogP contribution in [0.15, 0.2) is 82.0 Å². The van der Waals surface area contributed by atoms with Crippen molar-refractivity contribution in [3.8, 4) is 28.4 Å². The predicted molar refractivity (Wildman–Crippen MR) is 112 cm³/mol. The number of ether oxygens (including phenoxy) is 3. The van der Waals surface area contributed by atoms with Crippen molar-refractivity contribution in [2.75, 3.05) is 14.2 Å². The zero-order valence-electron chi connectivity index (χ0n) is 16.2. The molecule has 5 nitrogen and oxygen atoms in total. The highest BCUT2D eigenvalue weighted by Crippen LogP contribution is 2.36. The molecule has 0 spiro atoms. The minimum atomic E-state index is -0.427. The average molecular weight is 388 g/mol. The van der Waals surface area contributed by atoms with Gasteiger partial charge in [-0.3, -0.25) is 0 Å². The van der Waals surface area contributed by atoms with Crippen LogP contribution in [0.25, 0.3) is 22.1 Å². The summed E-state index contributed by atoms with van der Waals surface area (Å²) in [6, 6.07) is 22.6. The number of fused-ring (bicyclic) bond motifs is 1. The Bertz CT molecular complexity index is 1180. The maximum Gasteiger partial charge on any atom is 0.336 e. The SMILES string of the molecule is COc1cc2oc(=O)cc(-c3ccc(OCc4ccccc4)cc3)c2cc1OC. The first-order valence-electron chi connectivity index (χ1n) is 9.15. The molecule has 5 heteroatoms. The van der Waals surface area contributed by atoms with Gasteiger partial charge in [0.2, 0.25) is 0 Å². The molecule has 0 aliphatic carbocycles. The van der Waals surface area contributed by atoms with Gasteiger partial charge in [-0.1, -0.05) is 42.5 Å². The molecule has 0 bridgehead atoms. The van der Waals surface area contributed by atoms with E-state index < -0.39 is 5.63 Å². The van der Waals surface area contributed by atoms with Crippen molar-refractivity contribution in [1.29, 1.82) is 0 Å². The quantitative estimate of drug-likeness (QED) is 0.432. The van der Waals surface area contributed by atoms with Crippen molar-refractivity contribution in [2.45, 2.75) is 6.61 Å². The molecule has 4 aromatic rings. The van der Waals surface area contributed by atoms with Crippen LogP contribution in [0.5, 0.6) is 17.2 Å². The second-order valence-corrected chi connectivity index (χ2v) is 6.48. The molecule has 0 aliphatic rings. The summed E-state index contributed by atoms with van der Waals surface area (Å²) in [6.07, 6.45) is 0. The second kappa shape index (κ2) is 8.10. The van der Waals surface area contributed by atoms with E-state index in [2.05, 4.69) is 0 Å². The molecule has 1 heterocycles. The van der Waals surface area contributed by atoms with E-state index in [1.165, 1.54) is 6.07 Å². The normalized spacial score (nSPS) is 10.7. The Hall–Kier alpha value is -3.73. The summed E-state index contributed by atoms with van der Waals surface area (Å²) >= 11 is 0. The second-order valence-electron chi connectivity index (χ2n) is 6.48. The van der Waals surface area contributed by atoms with Crippen molar-refractivity contribution in [3.05, 3.63) is 88.8 Å². The van der Waals surface area contributed by atoms with E-state index in [4.69, 9.17) is 18.6 Å². The number of methoxy groups -OCH3 is 2. The van der Waals surface area contributed by atoms with Gasteiger partial charge in [0, 0.05) is 17.5 Å². The summed E-state index contributed by atoms with van der Waals surface area (Å²) < 4.78 is 21.9. The zero-order valence-corrected chi connectivity index (χ0v) is 16.2. The van der Waals surface area contributed by atoms with E-state index >= 15 is 0 Å². The monoisotopic (exact) mass is 388 g/mol.